The number of carbonyl (C=O) groups excluding carboxylic acids is 2. The Kier molecular flexibility index (Phi) is 7.18. The van der Waals surface area contributed by atoms with Crippen LogP contribution < -0.4 is 10.1 Å². The number of carbonyl (C=O) groups is 2. The first-order valence-corrected chi connectivity index (χ1v) is 11.4. The molecule has 9 heteroatoms. The van der Waals surface area contributed by atoms with Gasteiger partial charge >= 0.3 is 5.97 Å². The van der Waals surface area contributed by atoms with Crippen molar-refractivity contribution in [3.63, 3.8) is 0 Å². The highest BCUT2D eigenvalue weighted by Gasteiger charge is 2.34. The molecule has 1 aromatic heterocycles. The van der Waals surface area contributed by atoms with Gasteiger partial charge in [0.1, 0.15) is 10.8 Å². The highest BCUT2D eigenvalue weighted by Crippen LogP contribution is 2.44. The Bertz CT molecular complexity index is 1010. The summed E-state index contributed by atoms with van der Waals surface area (Å²) in [5.74, 6) is -0.00163. The highest BCUT2D eigenvalue weighted by atomic mass is 32.1. The number of nitrogens with zero attached hydrogens (tertiary/aromatic N) is 1. The van der Waals surface area contributed by atoms with Crippen LogP contribution in [0.5, 0.6) is 5.75 Å². The van der Waals surface area contributed by atoms with Gasteiger partial charge in [-0.05, 0) is 55.2 Å². The van der Waals surface area contributed by atoms with Crippen LogP contribution in [0.3, 0.4) is 0 Å². The number of nitrogens with one attached hydrogen (secondary N) is 1. The molecule has 1 atom stereocenters. The van der Waals surface area contributed by atoms with Gasteiger partial charge in [-0.3, -0.25) is 14.9 Å². The van der Waals surface area contributed by atoms with Gasteiger partial charge < -0.3 is 14.8 Å². The number of benzene rings is 1. The molecule has 0 saturated carbocycles. The molecule has 0 fully saturated rings. The van der Waals surface area contributed by atoms with E-state index in [1.165, 1.54) is 35.6 Å². The lowest BCUT2D eigenvalue weighted by molar-refractivity contribution is -0.384. The highest BCUT2D eigenvalue weighted by molar-refractivity contribution is 7.17. The fourth-order valence-electron chi connectivity index (χ4n) is 3.81. The molecule has 1 amide bonds. The zero-order valence-electron chi connectivity index (χ0n) is 18.7. The number of fused-ring (bicyclic) bond motifs is 1. The minimum absolute atomic E-state index is 0.0568. The van der Waals surface area contributed by atoms with E-state index in [1.807, 2.05) is 0 Å². The lowest BCUT2D eigenvalue weighted by atomic mass is 9.72. The Hall–Kier alpha value is -2.94. The van der Waals surface area contributed by atoms with E-state index in [4.69, 9.17) is 9.47 Å². The summed E-state index contributed by atoms with van der Waals surface area (Å²) < 4.78 is 10.7. The molecular formula is C23H28N2O6S. The minimum Gasteiger partial charge on any atom is -0.484 e. The predicted molar refractivity (Wildman–Crippen MR) is 122 cm³/mol. The largest absolute Gasteiger partial charge is 0.484 e. The van der Waals surface area contributed by atoms with Gasteiger partial charge in [-0.1, -0.05) is 20.8 Å². The van der Waals surface area contributed by atoms with Crippen LogP contribution in [0, 0.1) is 21.4 Å². The molecule has 0 saturated heterocycles. The molecule has 0 radical (unpaired) electrons. The maximum Gasteiger partial charge on any atom is 0.341 e. The molecule has 172 valence electrons. The summed E-state index contributed by atoms with van der Waals surface area (Å²) in [6.07, 6.45) is 2.62. The van der Waals surface area contributed by atoms with Crippen molar-refractivity contribution in [3.8, 4) is 5.75 Å². The normalized spacial score (nSPS) is 15.6. The molecule has 3 rings (SSSR count). The van der Waals surface area contributed by atoms with Crippen molar-refractivity contribution in [1.82, 2.24) is 0 Å². The summed E-state index contributed by atoms with van der Waals surface area (Å²) in [7, 11) is 0. The lowest BCUT2D eigenvalue weighted by Gasteiger charge is -2.33. The van der Waals surface area contributed by atoms with Crippen molar-refractivity contribution in [2.75, 3.05) is 18.5 Å². The summed E-state index contributed by atoms with van der Waals surface area (Å²) in [4.78, 5) is 36.6. The van der Waals surface area contributed by atoms with Gasteiger partial charge in [-0.2, -0.15) is 0 Å². The number of non-ortho nitro benzene ring substituents is 1. The van der Waals surface area contributed by atoms with Crippen molar-refractivity contribution < 1.29 is 24.0 Å². The first-order valence-electron chi connectivity index (χ1n) is 10.6. The quantitative estimate of drug-likeness (QED) is 0.354. The zero-order valence-corrected chi connectivity index (χ0v) is 19.5. The molecule has 1 aliphatic rings. The maximum atomic E-state index is 12.7. The molecule has 1 heterocycles. The third-order valence-corrected chi connectivity index (χ3v) is 6.81. The van der Waals surface area contributed by atoms with Crippen molar-refractivity contribution in [1.29, 1.82) is 0 Å². The van der Waals surface area contributed by atoms with Gasteiger partial charge in [-0.25, -0.2) is 4.79 Å². The summed E-state index contributed by atoms with van der Waals surface area (Å²) in [5, 5.41) is 14.0. The van der Waals surface area contributed by atoms with E-state index < -0.39 is 16.8 Å². The lowest BCUT2D eigenvalue weighted by Crippen LogP contribution is -2.26. The first kappa shape index (κ1) is 23.7. The SMILES string of the molecule is CCOC(=O)c1c(NC(=O)COc2ccc([N+](=O)[O-])cc2)sc2c1CC[C@@H](C(C)(C)C)C2. The number of ether oxygens (including phenoxy) is 2. The number of hydrogen-bond acceptors (Lipinski definition) is 7. The van der Waals surface area contributed by atoms with Crippen molar-refractivity contribution in [2.45, 2.75) is 47.0 Å². The number of nitro benzene ring substituents is 1. The minimum atomic E-state index is -0.504. The fraction of sp³-hybridized carbons (Fsp3) is 0.478. The summed E-state index contributed by atoms with van der Waals surface area (Å²) in [6, 6.07) is 5.49. The number of thiophene rings is 1. The van der Waals surface area contributed by atoms with Crippen LogP contribution in [-0.4, -0.2) is 30.0 Å². The maximum absolute atomic E-state index is 12.7. The second kappa shape index (κ2) is 9.68. The van der Waals surface area contributed by atoms with E-state index in [0.717, 1.165) is 29.7 Å². The standard InChI is InChI=1S/C23H28N2O6S/c1-5-30-22(27)20-17-11-6-14(23(2,3)4)12-18(17)32-21(20)24-19(26)13-31-16-9-7-15(8-10-16)25(28)29/h7-10,14H,5-6,11-13H2,1-4H3,(H,24,26)/t14-/m1/s1. The Morgan fingerprint density at radius 2 is 1.94 bits per heavy atom. The Morgan fingerprint density at radius 1 is 1.25 bits per heavy atom. The van der Waals surface area contributed by atoms with Crippen LogP contribution in [0.15, 0.2) is 24.3 Å². The second-order valence-corrected chi connectivity index (χ2v) is 9.93. The molecule has 1 aromatic carbocycles. The Balaban J connectivity index is 1.74. The van der Waals surface area contributed by atoms with Gasteiger partial charge in [-0.15, -0.1) is 11.3 Å². The van der Waals surface area contributed by atoms with Gasteiger partial charge in [0.05, 0.1) is 17.1 Å². The third-order valence-electron chi connectivity index (χ3n) is 5.64. The first-order chi connectivity index (χ1) is 15.1. The number of rotatable bonds is 7. The molecular weight excluding hydrogens is 432 g/mol. The average Bonchev–Trinajstić information content (AvgIpc) is 3.09. The molecule has 0 bridgehead atoms. The fourth-order valence-corrected chi connectivity index (χ4v) is 5.14. The monoisotopic (exact) mass is 460 g/mol. The average molecular weight is 461 g/mol. The predicted octanol–water partition coefficient (Wildman–Crippen LogP) is 5.00. The van der Waals surface area contributed by atoms with Crippen molar-refractivity contribution in [3.05, 3.63) is 50.4 Å². The Labute approximate surface area is 191 Å². The van der Waals surface area contributed by atoms with E-state index in [2.05, 4.69) is 26.1 Å². The Morgan fingerprint density at radius 3 is 2.53 bits per heavy atom. The van der Waals surface area contributed by atoms with Crippen LogP contribution in [0.4, 0.5) is 10.7 Å². The summed E-state index contributed by atoms with van der Waals surface area (Å²) >= 11 is 1.43. The summed E-state index contributed by atoms with van der Waals surface area (Å²) in [6.45, 7) is 8.39. The number of esters is 1. The van der Waals surface area contributed by atoms with Crippen molar-refractivity contribution in [2.24, 2.45) is 11.3 Å². The van der Waals surface area contributed by atoms with Crippen LogP contribution in [0.25, 0.3) is 0 Å². The molecule has 8 nitrogen and oxygen atoms in total. The third kappa shape index (κ3) is 5.45. The van der Waals surface area contributed by atoms with E-state index >= 15 is 0 Å². The molecule has 32 heavy (non-hydrogen) atoms. The van der Waals surface area contributed by atoms with Crippen LogP contribution in [-0.2, 0) is 22.4 Å². The molecule has 0 aliphatic heterocycles. The smallest absolute Gasteiger partial charge is 0.341 e. The van der Waals surface area contributed by atoms with Gasteiger partial charge in [0.2, 0.25) is 0 Å². The van der Waals surface area contributed by atoms with Crippen LogP contribution in [0.1, 0.15) is 54.9 Å². The summed E-state index contributed by atoms with van der Waals surface area (Å²) in [5.41, 5.74) is 1.52. The molecule has 1 aliphatic carbocycles. The van der Waals surface area contributed by atoms with Crippen LogP contribution in [0.2, 0.25) is 0 Å². The molecule has 0 unspecified atom stereocenters. The number of hydrogen-bond donors (Lipinski definition) is 1. The van der Waals surface area contributed by atoms with Gasteiger partial charge in [0, 0.05) is 17.0 Å². The van der Waals surface area contributed by atoms with Crippen molar-refractivity contribution >= 4 is 33.9 Å². The van der Waals surface area contributed by atoms with E-state index in [9.17, 15) is 19.7 Å². The van der Waals surface area contributed by atoms with Crippen LogP contribution >= 0.6 is 11.3 Å². The van der Waals surface area contributed by atoms with E-state index in [1.54, 1.807) is 6.92 Å². The molecule has 2 aromatic rings. The number of amides is 1. The van der Waals surface area contributed by atoms with E-state index in [-0.39, 0.29) is 24.3 Å². The zero-order chi connectivity index (χ0) is 23.5. The molecule has 0 spiro atoms. The van der Waals surface area contributed by atoms with Gasteiger partial charge in [0.15, 0.2) is 6.61 Å². The van der Waals surface area contributed by atoms with E-state index in [0.29, 0.717) is 22.2 Å². The second-order valence-electron chi connectivity index (χ2n) is 8.82. The number of anilines is 1. The van der Waals surface area contributed by atoms with Gasteiger partial charge in [0.25, 0.3) is 11.6 Å². The molecule has 1 N–H and O–H groups in total. The topological polar surface area (TPSA) is 108 Å². The number of nitro groups is 1.